The van der Waals surface area contributed by atoms with E-state index in [0.717, 1.165) is 39.9 Å². The smallest absolute Gasteiger partial charge is 0.407 e. The van der Waals surface area contributed by atoms with Crippen LogP contribution in [0.5, 0.6) is 5.75 Å². The minimum atomic E-state index is -0.922. The van der Waals surface area contributed by atoms with E-state index >= 15 is 0 Å². The Hall–Kier alpha value is -5.47. The molecule has 13 heteroatoms. The molecule has 3 aliphatic carbocycles. The zero-order valence-electron chi connectivity index (χ0n) is 40.8. The Morgan fingerprint density at radius 3 is 2.25 bits per heavy atom. The number of hydrogen-bond acceptors (Lipinski definition) is 10. The highest BCUT2D eigenvalue weighted by molar-refractivity contribution is 5.97. The van der Waals surface area contributed by atoms with Gasteiger partial charge in [0, 0.05) is 61.6 Å². The number of carbonyl (C=O) groups is 3. The zero-order chi connectivity index (χ0) is 48.0. The zero-order valence-corrected chi connectivity index (χ0v) is 40.8. The predicted molar refractivity (Wildman–Crippen MR) is 263 cm³/mol. The minimum absolute atomic E-state index is 0.0257. The van der Waals surface area contributed by atoms with Crippen LogP contribution in [0.4, 0.5) is 10.5 Å². The van der Waals surface area contributed by atoms with Crippen LogP contribution in [0.2, 0.25) is 0 Å². The number of likely N-dealkylation sites (N-methyl/N-ethyl adjacent to an activating group) is 1. The van der Waals surface area contributed by atoms with Gasteiger partial charge in [-0.1, -0.05) is 99.6 Å². The van der Waals surface area contributed by atoms with Gasteiger partial charge < -0.3 is 40.3 Å². The molecule has 0 aromatic heterocycles. The molecule has 3 saturated carbocycles. The Kier molecular flexibility index (Phi) is 16.0. The Morgan fingerprint density at radius 2 is 1.63 bits per heavy atom. The third-order valence-electron chi connectivity index (χ3n) is 14.7. The number of para-hydroxylation sites is 1. The first-order valence-electron chi connectivity index (χ1n) is 23.9. The molecular weight excluding hydrogens is 845 g/mol. The molecule has 2 bridgehead atoms. The number of alkyl carbamates (subject to hydrolysis) is 1. The lowest BCUT2D eigenvalue weighted by Crippen LogP contribution is -2.62. The largest absolute Gasteiger partial charge is 0.496 e. The number of methoxy groups -OCH3 is 1. The SMILES string of the molecule is COc1c(CN2O[C@@H](CO)[C@@H]([C@H](C)OC(=O)NCCc3ccccc3)[C@H]2C(=O)NC2C[C@H]3C[C@@H]([C@@H]2C)C3(C)C)cccc1-c1cc(C(=O)N[C@@H](Cc2ccccc2)CN(C)C)cc(N(C)C)c1. The first-order valence-corrected chi connectivity index (χ1v) is 23.9. The molecule has 4 aromatic carbocycles. The molecule has 0 spiro atoms. The van der Waals surface area contributed by atoms with E-state index in [2.05, 4.69) is 53.8 Å². The number of ether oxygens (including phenoxy) is 2. The summed E-state index contributed by atoms with van der Waals surface area (Å²) in [5.74, 6) is 0.736. The van der Waals surface area contributed by atoms with Gasteiger partial charge in [-0.25, -0.2) is 4.79 Å². The van der Waals surface area contributed by atoms with Gasteiger partial charge in [-0.2, -0.15) is 5.06 Å². The van der Waals surface area contributed by atoms with Crippen LogP contribution < -0.4 is 25.6 Å². The van der Waals surface area contributed by atoms with E-state index in [4.69, 9.17) is 14.3 Å². The van der Waals surface area contributed by atoms with Gasteiger partial charge in [0.05, 0.1) is 26.2 Å². The first kappa shape index (κ1) is 49.4. The van der Waals surface area contributed by atoms with Crippen molar-refractivity contribution in [3.05, 3.63) is 119 Å². The van der Waals surface area contributed by atoms with E-state index in [0.29, 0.717) is 49.1 Å². The molecular formula is C54H72N6O7. The van der Waals surface area contributed by atoms with Crippen LogP contribution in [-0.4, -0.2) is 118 Å². The lowest BCUT2D eigenvalue weighted by atomic mass is 9.45. The number of amides is 3. The summed E-state index contributed by atoms with van der Waals surface area (Å²) in [5, 5.41) is 22.1. The number of aliphatic hydroxyl groups excluding tert-OH is 1. The molecule has 1 aliphatic heterocycles. The van der Waals surface area contributed by atoms with Crippen molar-refractivity contribution in [1.82, 2.24) is 25.9 Å². The Bertz CT molecular complexity index is 2310. The number of aliphatic hydroxyl groups is 1. The van der Waals surface area contributed by atoms with Gasteiger partial charge in [-0.15, -0.1) is 0 Å². The number of hydroxylamine groups is 2. The van der Waals surface area contributed by atoms with E-state index in [1.54, 1.807) is 19.1 Å². The molecule has 4 fully saturated rings. The highest BCUT2D eigenvalue weighted by Crippen LogP contribution is 2.61. The molecule has 8 rings (SSSR count). The minimum Gasteiger partial charge on any atom is -0.496 e. The summed E-state index contributed by atoms with van der Waals surface area (Å²) in [5.41, 5.74) is 6.07. The highest BCUT2D eigenvalue weighted by Gasteiger charge is 2.57. The van der Waals surface area contributed by atoms with Crippen LogP contribution >= 0.6 is 0 Å². The molecule has 1 saturated heterocycles. The summed E-state index contributed by atoms with van der Waals surface area (Å²) in [6, 6.07) is 30.6. The van der Waals surface area contributed by atoms with Gasteiger partial charge in [0.25, 0.3) is 5.91 Å². The third kappa shape index (κ3) is 11.5. The number of nitrogens with one attached hydrogen (secondary N) is 3. The Labute approximate surface area is 397 Å². The number of rotatable bonds is 19. The number of hydrogen-bond donors (Lipinski definition) is 4. The molecule has 4 aromatic rings. The van der Waals surface area contributed by atoms with Gasteiger partial charge in [0.1, 0.15) is 24.0 Å². The van der Waals surface area contributed by atoms with E-state index in [-0.39, 0.29) is 41.8 Å². The van der Waals surface area contributed by atoms with Crippen molar-refractivity contribution in [1.29, 1.82) is 0 Å². The van der Waals surface area contributed by atoms with Gasteiger partial charge in [0.2, 0.25) is 5.91 Å². The molecule has 1 heterocycles. The summed E-state index contributed by atoms with van der Waals surface area (Å²) in [7, 11) is 9.50. The number of carbonyl (C=O) groups excluding carboxylic acids is 3. The monoisotopic (exact) mass is 917 g/mol. The fourth-order valence-corrected chi connectivity index (χ4v) is 11.0. The van der Waals surface area contributed by atoms with Crippen molar-refractivity contribution in [2.75, 3.05) is 59.9 Å². The molecule has 3 amide bonds. The van der Waals surface area contributed by atoms with Crippen molar-refractivity contribution in [2.45, 2.75) is 90.3 Å². The van der Waals surface area contributed by atoms with Crippen molar-refractivity contribution in [3.8, 4) is 16.9 Å². The lowest BCUT2D eigenvalue weighted by molar-refractivity contribution is -0.183. The van der Waals surface area contributed by atoms with Crippen molar-refractivity contribution >= 4 is 23.6 Å². The summed E-state index contributed by atoms with van der Waals surface area (Å²) >= 11 is 0. The molecule has 1 unspecified atom stereocenters. The Morgan fingerprint density at radius 1 is 0.925 bits per heavy atom. The van der Waals surface area contributed by atoms with E-state index in [1.165, 1.54) is 6.42 Å². The molecule has 4 N–H and O–H groups in total. The average Bonchev–Trinajstić information content (AvgIpc) is 3.68. The second-order valence-corrected chi connectivity index (χ2v) is 20.1. The number of fused-ring (bicyclic) bond motifs is 2. The van der Waals surface area contributed by atoms with Crippen LogP contribution in [0.1, 0.15) is 67.6 Å². The van der Waals surface area contributed by atoms with Gasteiger partial charge in [0.15, 0.2) is 0 Å². The maximum Gasteiger partial charge on any atom is 0.407 e. The van der Waals surface area contributed by atoms with E-state index in [9.17, 15) is 19.5 Å². The normalized spacial score (nSPS) is 24.0. The fraction of sp³-hybridized carbons (Fsp3) is 0.500. The van der Waals surface area contributed by atoms with Crippen LogP contribution in [0, 0.1) is 29.1 Å². The van der Waals surface area contributed by atoms with Crippen molar-refractivity contribution < 1.29 is 33.8 Å². The molecule has 13 nitrogen and oxygen atoms in total. The van der Waals surface area contributed by atoms with Crippen molar-refractivity contribution in [2.24, 2.45) is 29.1 Å². The maximum absolute atomic E-state index is 14.9. The van der Waals surface area contributed by atoms with Crippen LogP contribution in [-0.2, 0) is 33.8 Å². The quantitative estimate of drug-likeness (QED) is 0.0779. The number of benzene rings is 4. The topological polar surface area (TPSA) is 145 Å². The summed E-state index contributed by atoms with van der Waals surface area (Å²) in [6.07, 6.45) is 1.12. The van der Waals surface area contributed by atoms with Gasteiger partial charge in [-0.3, -0.25) is 14.4 Å². The second-order valence-electron chi connectivity index (χ2n) is 20.1. The average molecular weight is 917 g/mol. The standard InChI is InChI=1S/C54H72N6O7/c1-34-45-29-41(54(45,3)4)30-46(34)57-52(63)49-48(35(2)66-53(64)55-24-23-36-17-12-10-13-18-36)47(33-61)67-60(49)31-38-21-16-22-44(50(38)65-9)39-26-40(28-43(27-39)59(7)8)51(62)56-42(32-58(5)6)25-37-19-14-11-15-20-37/h10-22,26-28,34-35,41-42,45-49,61H,23-25,29-33H2,1-9H3,(H,55,64)(H,56,62)(H,57,63)/t34-,35-,41+,42-,45-,46?,47-,48+,49-/m0/s1. The third-order valence-corrected chi connectivity index (χ3v) is 14.7. The predicted octanol–water partition coefficient (Wildman–Crippen LogP) is 6.97. The summed E-state index contributed by atoms with van der Waals surface area (Å²) in [4.78, 5) is 52.9. The van der Waals surface area contributed by atoms with Crippen LogP contribution in [0.15, 0.2) is 97.1 Å². The van der Waals surface area contributed by atoms with Crippen LogP contribution in [0.25, 0.3) is 11.1 Å². The maximum atomic E-state index is 14.9. The van der Waals surface area contributed by atoms with Gasteiger partial charge in [-0.05, 0) is 105 Å². The molecule has 67 heavy (non-hydrogen) atoms. The van der Waals surface area contributed by atoms with Gasteiger partial charge >= 0.3 is 6.09 Å². The van der Waals surface area contributed by atoms with E-state index in [1.807, 2.05) is 118 Å². The molecule has 4 aliphatic rings. The van der Waals surface area contributed by atoms with Crippen LogP contribution in [0.3, 0.4) is 0 Å². The van der Waals surface area contributed by atoms with Crippen molar-refractivity contribution in [3.63, 3.8) is 0 Å². The summed E-state index contributed by atoms with van der Waals surface area (Å²) < 4.78 is 12.2. The molecule has 360 valence electrons. The Balaban J connectivity index is 1.16. The number of anilines is 1. The van der Waals surface area contributed by atoms with E-state index < -0.39 is 36.9 Å². The molecule has 9 atom stereocenters. The highest BCUT2D eigenvalue weighted by atomic mass is 16.7. The summed E-state index contributed by atoms with van der Waals surface area (Å²) in [6.45, 7) is 9.42. The molecule has 0 radical (unpaired) electrons. The fourth-order valence-electron chi connectivity index (χ4n) is 11.0. The lowest BCUT2D eigenvalue weighted by Gasteiger charge is -2.62. The first-order chi connectivity index (χ1) is 32.1. The number of nitrogens with zero attached hydrogens (tertiary/aromatic N) is 3. The second kappa shape index (κ2) is 21.7.